The van der Waals surface area contributed by atoms with Crippen molar-refractivity contribution >= 4 is 51.7 Å². The van der Waals surface area contributed by atoms with Gasteiger partial charge in [-0.3, -0.25) is 14.9 Å². The number of nitrogens with zero attached hydrogens (tertiary/aromatic N) is 2. The molecular weight excluding hydrogens is 370 g/mol. The predicted molar refractivity (Wildman–Crippen MR) is 97.5 cm³/mol. The van der Waals surface area contributed by atoms with Gasteiger partial charge < -0.3 is 4.74 Å². The van der Waals surface area contributed by atoms with E-state index in [2.05, 4.69) is 20.3 Å². The molecule has 1 aromatic carbocycles. The number of nitrogens with one attached hydrogen (secondary N) is 1. The van der Waals surface area contributed by atoms with E-state index in [9.17, 15) is 9.59 Å². The van der Waals surface area contributed by atoms with Crippen LogP contribution in [0.25, 0.3) is 10.6 Å². The van der Waals surface area contributed by atoms with E-state index in [1.165, 1.54) is 30.2 Å². The van der Waals surface area contributed by atoms with Crippen molar-refractivity contribution in [2.75, 3.05) is 18.2 Å². The van der Waals surface area contributed by atoms with Crippen LogP contribution in [0.4, 0.5) is 5.13 Å². The zero-order chi connectivity index (χ0) is 17.5. The van der Waals surface area contributed by atoms with Crippen molar-refractivity contribution in [3.63, 3.8) is 0 Å². The van der Waals surface area contributed by atoms with Crippen molar-refractivity contribution < 1.29 is 14.3 Å². The molecule has 1 aromatic heterocycles. The van der Waals surface area contributed by atoms with E-state index in [0.29, 0.717) is 21.6 Å². The van der Waals surface area contributed by atoms with Crippen LogP contribution >= 0.6 is 34.7 Å². The summed E-state index contributed by atoms with van der Waals surface area (Å²) in [4.78, 5) is 23.5. The number of amides is 1. The van der Waals surface area contributed by atoms with Crippen LogP contribution in [-0.2, 0) is 14.3 Å². The van der Waals surface area contributed by atoms with Crippen LogP contribution in [0.2, 0.25) is 5.02 Å². The number of hydrogen-bond donors (Lipinski definition) is 1. The molecule has 2 rings (SSSR count). The highest BCUT2D eigenvalue weighted by Crippen LogP contribution is 2.28. The molecule has 0 spiro atoms. The molecule has 9 heteroatoms. The third-order valence-electron chi connectivity index (χ3n) is 3.04. The normalized spacial score (nSPS) is 11.8. The second kappa shape index (κ2) is 9.00. The largest absolute Gasteiger partial charge is 0.468 e. The van der Waals surface area contributed by atoms with Crippen LogP contribution in [0, 0.1) is 0 Å². The maximum atomic E-state index is 12.3. The number of esters is 1. The third-order valence-corrected chi connectivity index (χ3v) is 5.53. The molecule has 0 aliphatic heterocycles. The number of thioether (sulfide) groups is 1. The van der Waals surface area contributed by atoms with Gasteiger partial charge in [-0.15, -0.1) is 22.0 Å². The predicted octanol–water partition coefficient (Wildman–Crippen LogP) is 3.48. The van der Waals surface area contributed by atoms with Crippen molar-refractivity contribution in [3.8, 4) is 10.6 Å². The summed E-state index contributed by atoms with van der Waals surface area (Å²) in [6, 6.07) is 7.23. The molecule has 1 amide bonds. The summed E-state index contributed by atoms with van der Waals surface area (Å²) in [5.41, 5.74) is 0.879. The minimum Gasteiger partial charge on any atom is -0.468 e. The molecule has 1 N–H and O–H groups in total. The summed E-state index contributed by atoms with van der Waals surface area (Å²) in [5.74, 6) is -0.424. The highest BCUT2D eigenvalue weighted by atomic mass is 35.5. The van der Waals surface area contributed by atoms with Crippen molar-refractivity contribution in [1.29, 1.82) is 0 Å². The summed E-state index contributed by atoms with van der Waals surface area (Å²) in [6.07, 6.45) is 0.594. The fraction of sp³-hybridized carbons (Fsp3) is 0.333. The monoisotopic (exact) mass is 385 g/mol. The Morgan fingerprint density at radius 2 is 2.04 bits per heavy atom. The molecule has 0 bridgehead atoms. The first-order valence-corrected chi connectivity index (χ1v) is 9.36. The van der Waals surface area contributed by atoms with Gasteiger partial charge >= 0.3 is 5.97 Å². The summed E-state index contributed by atoms with van der Waals surface area (Å²) in [5, 5.41) is 12.2. The van der Waals surface area contributed by atoms with Crippen molar-refractivity contribution in [2.24, 2.45) is 0 Å². The Bertz CT molecular complexity index is 706. The van der Waals surface area contributed by atoms with Gasteiger partial charge in [-0.2, -0.15) is 0 Å². The lowest BCUT2D eigenvalue weighted by molar-refractivity contribution is -0.137. The van der Waals surface area contributed by atoms with Crippen molar-refractivity contribution in [3.05, 3.63) is 29.3 Å². The van der Waals surface area contributed by atoms with E-state index in [1.807, 2.05) is 19.1 Å². The van der Waals surface area contributed by atoms with Gasteiger partial charge in [0.15, 0.2) is 0 Å². The number of methoxy groups -OCH3 is 1. The summed E-state index contributed by atoms with van der Waals surface area (Å²) >= 11 is 8.38. The SMILES string of the molecule is CC[C@H](SCC(=O)OC)C(=O)Nc1nnc(-c2ccc(Cl)cc2)s1. The van der Waals surface area contributed by atoms with E-state index in [-0.39, 0.29) is 22.9 Å². The Hall–Kier alpha value is -1.64. The van der Waals surface area contributed by atoms with Gasteiger partial charge in [0, 0.05) is 10.6 Å². The molecule has 0 fully saturated rings. The number of aromatic nitrogens is 2. The molecule has 2 aromatic rings. The summed E-state index contributed by atoms with van der Waals surface area (Å²) < 4.78 is 4.58. The second-order valence-corrected chi connectivity index (χ2v) is 7.30. The Balaban J connectivity index is 1.98. The van der Waals surface area contributed by atoms with Gasteiger partial charge in [-0.25, -0.2) is 0 Å². The second-order valence-electron chi connectivity index (χ2n) is 4.69. The molecular formula is C15H16ClN3O3S2. The number of anilines is 1. The average Bonchev–Trinajstić information content (AvgIpc) is 3.04. The van der Waals surface area contributed by atoms with Crippen molar-refractivity contribution in [1.82, 2.24) is 10.2 Å². The van der Waals surface area contributed by atoms with Gasteiger partial charge in [0.25, 0.3) is 0 Å². The number of hydrogen-bond acceptors (Lipinski definition) is 7. The van der Waals surface area contributed by atoms with Gasteiger partial charge in [-0.1, -0.05) is 42.0 Å². The number of ether oxygens (including phenoxy) is 1. The average molecular weight is 386 g/mol. The van der Waals surface area contributed by atoms with Crippen molar-refractivity contribution in [2.45, 2.75) is 18.6 Å². The van der Waals surface area contributed by atoms with Crippen LogP contribution < -0.4 is 5.32 Å². The fourth-order valence-corrected chi connectivity index (χ4v) is 3.55. The molecule has 0 radical (unpaired) electrons. The zero-order valence-electron chi connectivity index (χ0n) is 13.1. The molecule has 0 aliphatic carbocycles. The van der Waals surface area contributed by atoms with Crippen LogP contribution in [0.15, 0.2) is 24.3 Å². The van der Waals surface area contributed by atoms with E-state index in [4.69, 9.17) is 11.6 Å². The Labute approximate surface area is 153 Å². The molecule has 0 aliphatic rings. The molecule has 128 valence electrons. The van der Waals surface area contributed by atoms with Gasteiger partial charge in [0.1, 0.15) is 5.01 Å². The van der Waals surface area contributed by atoms with Gasteiger partial charge in [0.05, 0.1) is 18.1 Å². The van der Waals surface area contributed by atoms with E-state index >= 15 is 0 Å². The summed E-state index contributed by atoms with van der Waals surface area (Å²) in [7, 11) is 1.32. The number of halogens is 1. The van der Waals surface area contributed by atoms with Gasteiger partial charge in [-0.05, 0) is 18.6 Å². The Kier molecular flexibility index (Phi) is 7.01. The quantitative estimate of drug-likeness (QED) is 0.735. The lowest BCUT2D eigenvalue weighted by Crippen LogP contribution is -2.25. The first-order valence-electron chi connectivity index (χ1n) is 7.12. The minimum absolute atomic E-state index is 0.134. The van der Waals surface area contributed by atoms with E-state index < -0.39 is 0 Å². The Morgan fingerprint density at radius 1 is 1.33 bits per heavy atom. The van der Waals surface area contributed by atoms with Crippen LogP contribution in [0.3, 0.4) is 0 Å². The number of benzene rings is 1. The molecule has 0 saturated carbocycles. The van der Waals surface area contributed by atoms with Crippen LogP contribution in [0.1, 0.15) is 13.3 Å². The maximum Gasteiger partial charge on any atom is 0.315 e. The summed E-state index contributed by atoms with van der Waals surface area (Å²) in [6.45, 7) is 1.88. The molecule has 1 atom stereocenters. The number of rotatable bonds is 7. The smallest absolute Gasteiger partial charge is 0.315 e. The molecule has 0 saturated heterocycles. The molecule has 24 heavy (non-hydrogen) atoms. The number of carbonyl (C=O) groups is 2. The lowest BCUT2D eigenvalue weighted by atomic mass is 10.2. The van der Waals surface area contributed by atoms with E-state index in [0.717, 1.165) is 5.56 Å². The standard InChI is InChI=1S/C15H16ClN3O3S2/c1-3-11(23-8-12(20)22-2)13(21)17-15-19-18-14(24-15)9-4-6-10(16)7-5-9/h4-7,11H,3,8H2,1-2H3,(H,17,19,21)/t11-/m0/s1. The fourth-order valence-electron chi connectivity index (χ4n) is 1.78. The topological polar surface area (TPSA) is 81.2 Å². The lowest BCUT2D eigenvalue weighted by Gasteiger charge is -2.12. The molecule has 6 nitrogen and oxygen atoms in total. The minimum atomic E-state index is -0.355. The van der Waals surface area contributed by atoms with Crippen LogP contribution in [0.5, 0.6) is 0 Å². The van der Waals surface area contributed by atoms with E-state index in [1.54, 1.807) is 12.1 Å². The highest BCUT2D eigenvalue weighted by Gasteiger charge is 2.20. The first-order chi connectivity index (χ1) is 11.5. The van der Waals surface area contributed by atoms with Gasteiger partial charge in [0.2, 0.25) is 11.0 Å². The van der Waals surface area contributed by atoms with Crippen LogP contribution in [-0.4, -0.2) is 40.2 Å². The number of carbonyl (C=O) groups excluding carboxylic acids is 2. The maximum absolute atomic E-state index is 12.3. The highest BCUT2D eigenvalue weighted by molar-refractivity contribution is 8.01. The molecule has 1 heterocycles. The molecule has 0 unspecified atom stereocenters. The Morgan fingerprint density at radius 3 is 2.67 bits per heavy atom. The zero-order valence-corrected chi connectivity index (χ0v) is 15.5. The first kappa shape index (κ1) is 18.7. The third kappa shape index (κ3) is 5.19.